The molecule has 0 aliphatic heterocycles. The third-order valence-corrected chi connectivity index (χ3v) is 6.42. The first-order valence-electron chi connectivity index (χ1n) is 11.7. The summed E-state index contributed by atoms with van der Waals surface area (Å²) in [6.45, 7) is 14.3. The zero-order chi connectivity index (χ0) is 24.9. The van der Waals surface area contributed by atoms with Crippen LogP contribution in [0.2, 0.25) is 0 Å². The maximum atomic E-state index is 12.4. The average Bonchev–Trinajstić information content (AvgIpc) is 3.35. The Morgan fingerprint density at radius 2 is 1.85 bits per heavy atom. The van der Waals surface area contributed by atoms with E-state index in [1.807, 2.05) is 40.7 Å². The van der Waals surface area contributed by atoms with Crippen molar-refractivity contribution >= 4 is 33.2 Å². The lowest BCUT2D eigenvalue weighted by Gasteiger charge is -2.22. The second kappa shape index (κ2) is 11.1. The number of carbonyl (C=O) groups is 1. The van der Waals surface area contributed by atoms with Crippen LogP contribution in [0.4, 0.5) is 10.9 Å². The van der Waals surface area contributed by atoms with Crippen LogP contribution in [0.3, 0.4) is 0 Å². The molecule has 3 aromatic rings. The number of imidazole rings is 1. The predicted octanol–water partition coefficient (Wildman–Crippen LogP) is 3.57. The van der Waals surface area contributed by atoms with Gasteiger partial charge in [0.25, 0.3) is 0 Å². The summed E-state index contributed by atoms with van der Waals surface area (Å²) in [5.41, 5.74) is 1.63. The summed E-state index contributed by atoms with van der Waals surface area (Å²) >= 11 is 1.46. The van der Waals surface area contributed by atoms with Gasteiger partial charge >= 0.3 is 0 Å². The molecule has 1 aromatic carbocycles. The van der Waals surface area contributed by atoms with Crippen molar-refractivity contribution in [2.75, 3.05) is 57.1 Å². The van der Waals surface area contributed by atoms with Crippen LogP contribution in [0.25, 0.3) is 16.2 Å². The van der Waals surface area contributed by atoms with Gasteiger partial charge in [-0.05, 0) is 58.1 Å². The van der Waals surface area contributed by atoms with Crippen LogP contribution in [-0.2, 0) is 4.79 Å². The van der Waals surface area contributed by atoms with E-state index in [9.17, 15) is 4.79 Å². The number of likely N-dealkylation sites (N-methyl/N-ethyl adjacent to an activating group) is 2. The van der Waals surface area contributed by atoms with Crippen molar-refractivity contribution in [3.05, 3.63) is 24.3 Å². The molecule has 34 heavy (non-hydrogen) atoms. The van der Waals surface area contributed by atoms with Gasteiger partial charge in [0.1, 0.15) is 11.4 Å². The third kappa shape index (κ3) is 6.38. The largest absolute Gasteiger partial charge is 0.497 e. The second-order valence-corrected chi connectivity index (χ2v) is 10.2. The highest BCUT2D eigenvalue weighted by Crippen LogP contribution is 2.35. The summed E-state index contributed by atoms with van der Waals surface area (Å²) < 4.78 is 7.12. The highest BCUT2D eigenvalue weighted by molar-refractivity contribution is 7.20. The van der Waals surface area contributed by atoms with E-state index in [4.69, 9.17) is 14.8 Å². The first-order valence-corrected chi connectivity index (χ1v) is 12.5. The van der Waals surface area contributed by atoms with Gasteiger partial charge in [-0.1, -0.05) is 25.2 Å². The Morgan fingerprint density at radius 1 is 1.18 bits per heavy atom. The molecule has 9 nitrogen and oxygen atoms in total. The Labute approximate surface area is 206 Å². The van der Waals surface area contributed by atoms with Crippen LogP contribution in [0.5, 0.6) is 5.75 Å². The lowest BCUT2D eigenvalue weighted by Crippen LogP contribution is -2.39. The van der Waals surface area contributed by atoms with E-state index >= 15 is 0 Å². The van der Waals surface area contributed by atoms with Crippen molar-refractivity contribution in [2.45, 2.75) is 40.2 Å². The van der Waals surface area contributed by atoms with Gasteiger partial charge < -0.3 is 25.2 Å². The number of carbonyl (C=O) groups excluding carboxylic acids is 1. The molecule has 0 unspecified atom stereocenters. The topological polar surface area (TPSA) is 87.0 Å². The molecule has 0 saturated carbocycles. The van der Waals surface area contributed by atoms with Gasteiger partial charge in [-0.3, -0.25) is 4.79 Å². The lowest BCUT2D eigenvalue weighted by atomic mass is 10.1. The number of nitrogens with zero attached hydrogens (tertiary/aromatic N) is 5. The van der Waals surface area contributed by atoms with E-state index in [-0.39, 0.29) is 18.0 Å². The number of aromatic nitrogens is 3. The van der Waals surface area contributed by atoms with Crippen LogP contribution in [0, 0.1) is 0 Å². The molecule has 0 bridgehead atoms. The molecule has 0 aliphatic rings. The first kappa shape index (κ1) is 25.8. The van der Waals surface area contributed by atoms with Gasteiger partial charge in [-0.2, -0.15) is 4.52 Å². The summed E-state index contributed by atoms with van der Waals surface area (Å²) in [5, 5.41) is 12.1. The molecule has 0 radical (unpaired) electrons. The number of anilines is 2. The Hall–Kier alpha value is -2.85. The first-order chi connectivity index (χ1) is 16.1. The zero-order valence-electron chi connectivity index (χ0n) is 21.3. The number of hydrogen-bond donors (Lipinski definition) is 2. The van der Waals surface area contributed by atoms with Gasteiger partial charge in [0, 0.05) is 31.2 Å². The fraction of sp³-hybridized carbons (Fsp3) is 0.542. The Kier molecular flexibility index (Phi) is 8.37. The summed E-state index contributed by atoms with van der Waals surface area (Å²) in [5.74, 6) is 1.61. The number of ether oxygens (including phenoxy) is 1. The van der Waals surface area contributed by atoms with E-state index in [1.165, 1.54) is 11.3 Å². The van der Waals surface area contributed by atoms with E-state index in [0.717, 1.165) is 52.6 Å². The second-order valence-electron chi connectivity index (χ2n) is 9.22. The highest BCUT2D eigenvalue weighted by atomic mass is 32.1. The molecule has 0 saturated heterocycles. The molecule has 0 atom stereocenters. The van der Waals surface area contributed by atoms with Crippen LogP contribution < -0.4 is 20.3 Å². The molecule has 1 amide bonds. The van der Waals surface area contributed by atoms with Crippen LogP contribution in [0.15, 0.2) is 24.3 Å². The highest BCUT2D eigenvalue weighted by Gasteiger charge is 2.23. The molecular formula is C24H37N7O2S. The number of amides is 1. The number of hydrogen-bond acceptors (Lipinski definition) is 8. The van der Waals surface area contributed by atoms with Crippen LogP contribution in [-0.4, -0.2) is 77.8 Å². The number of fused-ring (bicyclic) bond motifs is 1. The molecule has 0 spiro atoms. The minimum Gasteiger partial charge on any atom is -0.497 e. The summed E-state index contributed by atoms with van der Waals surface area (Å²) in [6.07, 6.45) is 0. The molecule has 2 N–H and O–H groups in total. The van der Waals surface area contributed by atoms with Crippen molar-refractivity contribution in [3.63, 3.8) is 0 Å². The SMILES string of the molecule is CCN(CC)CCNC(=O)CN(C)c1nn2c(NC(C)(C)C)c(-c3ccc(OC)cc3)nc2s1. The van der Waals surface area contributed by atoms with Gasteiger partial charge in [-0.15, -0.1) is 5.10 Å². The van der Waals surface area contributed by atoms with Crippen molar-refractivity contribution in [1.29, 1.82) is 0 Å². The lowest BCUT2D eigenvalue weighted by molar-refractivity contribution is -0.119. The van der Waals surface area contributed by atoms with E-state index in [0.29, 0.717) is 6.54 Å². The molecule has 2 heterocycles. The van der Waals surface area contributed by atoms with E-state index in [1.54, 1.807) is 7.11 Å². The maximum Gasteiger partial charge on any atom is 0.239 e. The average molecular weight is 488 g/mol. The Bertz CT molecular complexity index is 1080. The summed E-state index contributed by atoms with van der Waals surface area (Å²) in [4.78, 5) is 22.2. The smallest absolute Gasteiger partial charge is 0.239 e. The minimum absolute atomic E-state index is 0.0190. The predicted molar refractivity (Wildman–Crippen MR) is 140 cm³/mol. The van der Waals surface area contributed by atoms with Crippen LogP contribution >= 0.6 is 11.3 Å². The molecule has 10 heteroatoms. The monoisotopic (exact) mass is 487 g/mol. The Balaban J connectivity index is 1.79. The van der Waals surface area contributed by atoms with Crippen molar-refractivity contribution in [3.8, 4) is 17.0 Å². The van der Waals surface area contributed by atoms with Gasteiger partial charge in [-0.25, -0.2) is 4.98 Å². The zero-order valence-corrected chi connectivity index (χ0v) is 22.1. The quantitative estimate of drug-likeness (QED) is 0.428. The van der Waals surface area contributed by atoms with Crippen molar-refractivity contribution in [1.82, 2.24) is 24.8 Å². The number of rotatable bonds is 11. The fourth-order valence-electron chi connectivity index (χ4n) is 3.54. The Morgan fingerprint density at radius 3 is 2.44 bits per heavy atom. The molecule has 2 aromatic heterocycles. The number of methoxy groups -OCH3 is 1. The van der Waals surface area contributed by atoms with Gasteiger partial charge in [0.15, 0.2) is 5.82 Å². The third-order valence-electron chi connectivity index (χ3n) is 5.40. The normalized spacial score (nSPS) is 11.8. The van der Waals surface area contributed by atoms with Crippen molar-refractivity contribution < 1.29 is 9.53 Å². The standard InChI is InChI=1S/C24H37N7O2S/c1-8-30(9-2)15-14-25-19(32)16-29(6)23-28-31-21(27-24(3,4)5)20(26-22(31)34-23)17-10-12-18(33-7)13-11-17/h10-13,27H,8-9,14-16H2,1-7H3,(H,25,32). The van der Waals surface area contributed by atoms with E-state index in [2.05, 4.69) is 50.2 Å². The number of nitrogens with one attached hydrogen (secondary N) is 2. The minimum atomic E-state index is -0.183. The van der Waals surface area contributed by atoms with E-state index < -0.39 is 0 Å². The summed E-state index contributed by atoms with van der Waals surface area (Å²) in [7, 11) is 3.53. The maximum absolute atomic E-state index is 12.4. The van der Waals surface area contributed by atoms with Crippen molar-refractivity contribution in [2.24, 2.45) is 0 Å². The summed E-state index contributed by atoms with van der Waals surface area (Å²) in [6, 6.07) is 7.84. The van der Waals surface area contributed by atoms with Gasteiger partial charge in [0.05, 0.1) is 13.7 Å². The molecule has 3 rings (SSSR count). The molecular weight excluding hydrogens is 450 g/mol. The molecule has 0 fully saturated rings. The van der Waals surface area contributed by atoms with Crippen LogP contribution in [0.1, 0.15) is 34.6 Å². The number of benzene rings is 1. The molecule has 186 valence electrons. The fourth-order valence-corrected chi connectivity index (χ4v) is 4.40. The molecule has 0 aliphatic carbocycles. The van der Waals surface area contributed by atoms with Gasteiger partial charge in [0.2, 0.25) is 16.0 Å².